The SMILES string of the molecule is CCC(CC)CNC(=NC)NCCc1ccc2c(c1)OCO2.I. The van der Waals surface area contributed by atoms with Crippen molar-refractivity contribution in [3.8, 4) is 11.5 Å². The Morgan fingerprint density at radius 1 is 1.17 bits per heavy atom. The number of benzene rings is 1. The second-order valence-electron chi connectivity index (χ2n) is 5.50. The highest BCUT2D eigenvalue weighted by Crippen LogP contribution is 2.32. The Bertz CT molecular complexity index is 505. The highest BCUT2D eigenvalue weighted by atomic mass is 127. The molecule has 0 amide bonds. The zero-order valence-corrected chi connectivity index (χ0v) is 16.6. The van der Waals surface area contributed by atoms with Crippen LogP contribution >= 0.6 is 24.0 Å². The molecule has 1 aliphatic rings. The number of fused-ring (bicyclic) bond motifs is 1. The van der Waals surface area contributed by atoms with Gasteiger partial charge in [0.05, 0.1) is 0 Å². The van der Waals surface area contributed by atoms with Crippen molar-refractivity contribution in [2.24, 2.45) is 10.9 Å². The topological polar surface area (TPSA) is 54.9 Å². The zero-order chi connectivity index (χ0) is 15.8. The molecule has 0 bridgehead atoms. The lowest BCUT2D eigenvalue weighted by Gasteiger charge is -2.16. The van der Waals surface area contributed by atoms with Crippen LogP contribution in [0.25, 0.3) is 0 Å². The first-order valence-corrected chi connectivity index (χ1v) is 8.09. The van der Waals surface area contributed by atoms with Crippen molar-refractivity contribution in [1.29, 1.82) is 0 Å². The Kier molecular flexibility index (Phi) is 9.13. The van der Waals surface area contributed by atoms with E-state index in [-0.39, 0.29) is 24.0 Å². The fourth-order valence-corrected chi connectivity index (χ4v) is 2.46. The lowest BCUT2D eigenvalue weighted by atomic mass is 10.0. The molecule has 0 saturated heterocycles. The number of nitrogens with zero attached hydrogens (tertiary/aromatic N) is 1. The van der Waals surface area contributed by atoms with Crippen LogP contribution in [0.5, 0.6) is 11.5 Å². The predicted molar refractivity (Wildman–Crippen MR) is 105 cm³/mol. The van der Waals surface area contributed by atoms with E-state index in [1.165, 1.54) is 18.4 Å². The lowest BCUT2D eigenvalue weighted by Crippen LogP contribution is -2.40. The van der Waals surface area contributed by atoms with Gasteiger partial charge in [0.2, 0.25) is 6.79 Å². The van der Waals surface area contributed by atoms with Gasteiger partial charge in [0.1, 0.15) is 0 Å². The van der Waals surface area contributed by atoms with Crippen LogP contribution < -0.4 is 20.1 Å². The first-order valence-electron chi connectivity index (χ1n) is 8.09. The molecule has 1 aromatic carbocycles. The van der Waals surface area contributed by atoms with Crippen molar-refractivity contribution >= 4 is 29.9 Å². The second-order valence-corrected chi connectivity index (χ2v) is 5.50. The molecule has 0 unspecified atom stereocenters. The van der Waals surface area contributed by atoms with Crippen molar-refractivity contribution < 1.29 is 9.47 Å². The van der Waals surface area contributed by atoms with E-state index in [0.29, 0.717) is 12.7 Å². The van der Waals surface area contributed by atoms with E-state index in [1.54, 1.807) is 0 Å². The van der Waals surface area contributed by atoms with Crippen LogP contribution in [0, 0.1) is 5.92 Å². The summed E-state index contributed by atoms with van der Waals surface area (Å²) in [6, 6.07) is 6.10. The summed E-state index contributed by atoms with van der Waals surface area (Å²) in [5.41, 5.74) is 1.23. The minimum atomic E-state index is 0. The summed E-state index contributed by atoms with van der Waals surface area (Å²) in [6.45, 7) is 6.58. The molecule has 0 fully saturated rings. The van der Waals surface area contributed by atoms with E-state index in [1.807, 2.05) is 19.2 Å². The summed E-state index contributed by atoms with van der Waals surface area (Å²) in [5.74, 6) is 3.24. The van der Waals surface area contributed by atoms with Crippen LogP contribution in [-0.4, -0.2) is 32.9 Å². The maximum absolute atomic E-state index is 5.40. The van der Waals surface area contributed by atoms with Crippen LogP contribution in [0.15, 0.2) is 23.2 Å². The highest BCUT2D eigenvalue weighted by molar-refractivity contribution is 14.0. The fourth-order valence-electron chi connectivity index (χ4n) is 2.46. The number of hydrogen-bond acceptors (Lipinski definition) is 3. The number of rotatable bonds is 7. The number of aliphatic imine (C=N–C) groups is 1. The van der Waals surface area contributed by atoms with Gasteiger partial charge in [-0.05, 0) is 30.0 Å². The summed E-state index contributed by atoms with van der Waals surface area (Å²) < 4.78 is 10.7. The minimum Gasteiger partial charge on any atom is -0.454 e. The molecule has 6 heteroatoms. The maximum Gasteiger partial charge on any atom is 0.231 e. The molecule has 1 aliphatic heterocycles. The molecule has 130 valence electrons. The molecule has 0 saturated carbocycles. The Balaban J connectivity index is 0.00000264. The third kappa shape index (κ3) is 6.08. The molecule has 1 heterocycles. The number of ether oxygens (including phenoxy) is 2. The van der Waals surface area contributed by atoms with E-state index >= 15 is 0 Å². The Morgan fingerprint density at radius 3 is 2.61 bits per heavy atom. The average molecular weight is 433 g/mol. The van der Waals surface area contributed by atoms with E-state index in [0.717, 1.165) is 37.0 Å². The molecule has 0 aromatic heterocycles. The van der Waals surface area contributed by atoms with Crippen LogP contribution in [0.3, 0.4) is 0 Å². The quantitative estimate of drug-likeness (QED) is 0.394. The van der Waals surface area contributed by atoms with Gasteiger partial charge in [0.25, 0.3) is 0 Å². The molecule has 2 rings (SSSR count). The largest absolute Gasteiger partial charge is 0.454 e. The van der Waals surface area contributed by atoms with Crippen molar-refractivity contribution in [2.75, 3.05) is 26.9 Å². The molecule has 0 radical (unpaired) electrons. The minimum absolute atomic E-state index is 0. The molecular formula is C17H28IN3O2. The number of guanidine groups is 1. The molecule has 0 spiro atoms. The lowest BCUT2D eigenvalue weighted by molar-refractivity contribution is 0.174. The number of halogens is 1. The second kappa shape index (κ2) is 10.6. The Labute approximate surface area is 156 Å². The van der Waals surface area contributed by atoms with Gasteiger partial charge in [0, 0.05) is 20.1 Å². The molecule has 5 nitrogen and oxygen atoms in total. The van der Waals surface area contributed by atoms with Gasteiger partial charge in [0.15, 0.2) is 17.5 Å². The van der Waals surface area contributed by atoms with Crippen molar-refractivity contribution in [1.82, 2.24) is 10.6 Å². The van der Waals surface area contributed by atoms with Gasteiger partial charge in [-0.1, -0.05) is 32.8 Å². The van der Waals surface area contributed by atoms with Crippen molar-refractivity contribution in [2.45, 2.75) is 33.1 Å². The summed E-state index contributed by atoms with van der Waals surface area (Å²) in [4.78, 5) is 4.27. The fraction of sp³-hybridized carbons (Fsp3) is 0.588. The third-order valence-corrected chi connectivity index (χ3v) is 4.08. The Morgan fingerprint density at radius 2 is 1.91 bits per heavy atom. The molecular weight excluding hydrogens is 405 g/mol. The summed E-state index contributed by atoms with van der Waals surface area (Å²) >= 11 is 0. The Hall–Kier alpha value is -1.18. The maximum atomic E-state index is 5.40. The standard InChI is InChI=1S/C17H27N3O2.HI/c1-4-13(5-2)11-20-17(18-3)19-9-8-14-6-7-15-16(10-14)22-12-21-15;/h6-7,10,13H,4-5,8-9,11-12H2,1-3H3,(H2,18,19,20);1H. The van der Waals surface area contributed by atoms with Crippen molar-refractivity contribution in [3.63, 3.8) is 0 Å². The number of nitrogens with one attached hydrogen (secondary N) is 2. The van der Waals surface area contributed by atoms with E-state index < -0.39 is 0 Å². The number of hydrogen-bond donors (Lipinski definition) is 2. The van der Waals surface area contributed by atoms with Crippen LogP contribution in [0.2, 0.25) is 0 Å². The van der Waals surface area contributed by atoms with Gasteiger partial charge in [-0.15, -0.1) is 24.0 Å². The van der Waals surface area contributed by atoms with Gasteiger partial charge in [-0.2, -0.15) is 0 Å². The average Bonchev–Trinajstić information content (AvgIpc) is 3.01. The van der Waals surface area contributed by atoms with Gasteiger partial charge >= 0.3 is 0 Å². The van der Waals surface area contributed by atoms with Crippen LogP contribution in [0.4, 0.5) is 0 Å². The van der Waals surface area contributed by atoms with E-state index in [9.17, 15) is 0 Å². The molecule has 1 aromatic rings. The molecule has 2 N–H and O–H groups in total. The summed E-state index contributed by atoms with van der Waals surface area (Å²) in [6.07, 6.45) is 3.30. The van der Waals surface area contributed by atoms with E-state index in [2.05, 4.69) is 35.5 Å². The highest BCUT2D eigenvalue weighted by Gasteiger charge is 2.13. The summed E-state index contributed by atoms with van der Waals surface area (Å²) in [7, 11) is 1.81. The van der Waals surface area contributed by atoms with Crippen LogP contribution in [0.1, 0.15) is 32.3 Å². The van der Waals surface area contributed by atoms with Gasteiger partial charge < -0.3 is 20.1 Å². The van der Waals surface area contributed by atoms with Gasteiger partial charge in [-0.25, -0.2) is 0 Å². The third-order valence-electron chi connectivity index (χ3n) is 4.08. The molecule has 0 aliphatic carbocycles. The zero-order valence-electron chi connectivity index (χ0n) is 14.2. The monoisotopic (exact) mass is 433 g/mol. The van der Waals surface area contributed by atoms with Crippen LogP contribution in [-0.2, 0) is 6.42 Å². The molecule has 0 atom stereocenters. The van der Waals surface area contributed by atoms with E-state index in [4.69, 9.17) is 9.47 Å². The first-order chi connectivity index (χ1) is 10.8. The smallest absolute Gasteiger partial charge is 0.231 e. The van der Waals surface area contributed by atoms with Crippen molar-refractivity contribution in [3.05, 3.63) is 23.8 Å². The molecule has 23 heavy (non-hydrogen) atoms. The predicted octanol–water partition coefficient (Wildman–Crippen LogP) is 3.18. The van der Waals surface area contributed by atoms with Gasteiger partial charge in [-0.3, -0.25) is 4.99 Å². The normalized spacial score (nSPS) is 13.0. The first kappa shape index (κ1) is 19.9. The summed E-state index contributed by atoms with van der Waals surface area (Å²) in [5, 5.41) is 6.75.